The predicted octanol–water partition coefficient (Wildman–Crippen LogP) is 2.63. The molecule has 1 aliphatic rings. The molecule has 1 atom stereocenters. The topological polar surface area (TPSA) is 41.1 Å². The van der Waals surface area contributed by atoms with E-state index >= 15 is 0 Å². The van der Waals surface area contributed by atoms with Crippen LogP contribution < -0.4 is 10.6 Å². The number of hydrogen-bond acceptors (Lipinski definition) is 2. The second kappa shape index (κ2) is 5.10. The minimum absolute atomic E-state index is 0.0203. The van der Waals surface area contributed by atoms with E-state index in [0.29, 0.717) is 0 Å². The molecule has 1 unspecified atom stereocenters. The zero-order chi connectivity index (χ0) is 14.0. The number of fused-ring (bicyclic) bond motifs is 1. The fourth-order valence-corrected chi connectivity index (χ4v) is 2.78. The zero-order valence-electron chi connectivity index (χ0n) is 11.5. The molecular weight excluding hydrogens is 248 g/mol. The lowest BCUT2D eigenvalue weighted by Gasteiger charge is -2.32. The first-order valence-electron chi connectivity index (χ1n) is 7.00. The summed E-state index contributed by atoms with van der Waals surface area (Å²) in [6, 6.07) is 17.8. The summed E-state index contributed by atoms with van der Waals surface area (Å²) in [5.41, 5.74) is 2.21. The number of hydrogen-bond donors (Lipinski definition) is 2. The maximum Gasteiger partial charge on any atom is 0.253 e. The lowest BCUT2D eigenvalue weighted by molar-refractivity contribution is 0.0930. The van der Waals surface area contributed by atoms with Gasteiger partial charge in [-0.05, 0) is 24.6 Å². The van der Waals surface area contributed by atoms with Crippen LogP contribution in [-0.2, 0) is 5.66 Å². The molecule has 2 N–H and O–H groups in total. The first kappa shape index (κ1) is 12.9. The second-order valence-electron chi connectivity index (χ2n) is 5.04. The van der Waals surface area contributed by atoms with Gasteiger partial charge < -0.3 is 5.32 Å². The summed E-state index contributed by atoms with van der Waals surface area (Å²) in [6.07, 6.45) is 1.01. The molecule has 1 aliphatic heterocycles. The van der Waals surface area contributed by atoms with Crippen molar-refractivity contribution in [1.82, 2.24) is 10.6 Å². The lowest BCUT2D eigenvalue weighted by atomic mass is 9.91. The van der Waals surface area contributed by atoms with Crippen LogP contribution in [0, 0.1) is 0 Å². The van der Waals surface area contributed by atoms with Gasteiger partial charge in [-0.3, -0.25) is 10.1 Å². The van der Waals surface area contributed by atoms with Crippen LogP contribution in [-0.4, -0.2) is 12.5 Å². The Morgan fingerprint density at radius 3 is 2.50 bits per heavy atom. The summed E-state index contributed by atoms with van der Waals surface area (Å²) < 4.78 is 0. The maximum absolute atomic E-state index is 12.3. The van der Waals surface area contributed by atoms with Gasteiger partial charge in [0.1, 0.15) is 5.66 Å². The Labute approximate surface area is 119 Å². The Hall–Kier alpha value is -2.13. The lowest BCUT2D eigenvalue weighted by Crippen LogP contribution is -2.52. The summed E-state index contributed by atoms with van der Waals surface area (Å²) in [7, 11) is 0. The molecule has 2 aromatic carbocycles. The van der Waals surface area contributed by atoms with Crippen LogP contribution in [0.3, 0.4) is 0 Å². The molecule has 0 aliphatic carbocycles. The van der Waals surface area contributed by atoms with Crippen LogP contribution in [0.2, 0.25) is 0 Å². The number of rotatable bonds is 4. The number of nitrogens with one attached hydrogen (secondary N) is 2. The second-order valence-corrected chi connectivity index (χ2v) is 5.04. The van der Waals surface area contributed by atoms with E-state index in [0.717, 1.165) is 29.7 Å². The monoisotopic (exact) mass is 266 g/mol. The number of amides is 1. The Kier molecular flexibility index (Phi) is 3.28. The van der Waals surface area contributed by atoms with E-state index in [1.54, 1.807) is 0 Å². The van der Waals surface area contributed by atoms with Gasteiger partial charge in [0.2, 0.25) is 0 Å². The summed E-state index contributed by atoms with van der Waals surface area (Å²) >= 11 is 0. The van der Waals surface area contributed by atoms with E-state index in [1.165, 1.54) is 0 Å². The highest BCUT2D eigenvalue weighted by Gasteiger charge is 2.43. The molecule has 0 aromatic heterocycles. The first-order chi connectivity index (χ1) is 9.78. The third-order valence-corrected chi connectivity index (χ3v) is 3.72. The molecule has 20 heavy (non-hydrogen) atoms. The molecule has 102 valence electrons. The van der Waals surface area contributed by atoms with Gasteiger partial charge >= 0.3 is 0 Å². The molecule has 2 aromatic rings. The highest BCUT2D eigenvalue weighted by atomic mass is 16.2. The fraction of sp³-hybridized carbons (Fsp3) is 0.235. The SMILES string of the molecule is CCCNC1(c2ccccc2)NC(=O)c2ccccc21. The maximum atomic E-state index is 12.3. The van der Waals surface area contributed by atoms with Crippen LogP contribution >= 0.6 is 0 Å². The van der Waals surface area contributed by atoms with Crippen molar-refractivity contribution in [2.75, 3.05) is 6.54 Å². The van der Waals surface area contributed by atoms with E-state index in [9.17, 15) is 4.79 Å². The van der Waals surface area contributed by atoms with E-state index in [4.69, 9.17) is 0 Å². The summed E-state index contributed by atoms with van der Waals surface area (Å²) in [5, 5.41) is 6.65. The molecule has 3 heteroatoms. The third-order valence-electron chi connectivity index (χ3n) is 3.72. The van der Waals surface area contributed by atoms with Gasteiger partial charge in [0.15, 0.2) is 0 Å². The number of benzene rings is 2. The highest BCUT2D eigenvalue weighted by Crippen LogP contribution is 2.34. The van der Waals surface area contributed by atoms with Crippen molar-refractivity contribution in [3.8, 4) is 0 Å². The van der Waals surface area contributed by atoms with Crippen LogP contribution in [0.1, 0.15) is 34.8 Å². The van der Waals surface area contributed by atoms with Gasteiger partial charge in [-0.15, -0.1) is 0 Å². The molecule has 3 rings (SSSR count). The largest absolute Gasteiger partial charge is 0.326 e. The van der Waals surface area contributed by atoms with Crippen LogP contribution in [0.15, 0.2) is 54.6 Å². The van der Waals surface area contributed by atoms with E-state index in [2.05, 4.69) is 17.6 Å². The van der Waals surface area contributed by atoms with Crippen molar-refractivity contribution in [2.45, 2.75) is 19.0 Å². The predicted molar refractivity (Wildman–Crippen MR) is 79.4 cm³/mol. The standard InChI is InChI=1S/C17H18N2O/c1-2-12-18-17(13-8-4-3-5-9-13)15-11-7-6-10-14(15)16(20)19-17/h3-11,18H,2,12H2,1H3,(H,19,20). The molecule has 3 nitrogen and oxygen atoms in total. The molecule has 1 heterocycles. The molecule has 0 spiro atoms. The summed E-state index contributed by atoms with van der Waals surface area (Å²) in [6.45, 7) is 2.96. The third kappa shape index (κ3) is 1.91. The summed E-state index contributed by atoms with van der Waals surface area (Å²) in [4.78, 5) is 12.3. The molecule has 0 fully saturated rings. The van der Waals surface area contributed by atoms with Crippen LogP contribution in [0.5, 0.6) is 0 Å². The zero-order valence-corrected chi connectivity index (χ0v) is 11.5. The van der Waals surface area contributed by atoms with E-state index < -0.39 is 5.66 Å². The van der Waals surface area contributed by atoms with E-state index in [-0.39, 0.29) is 5.91 Å². The Bertz CT molecular complexity index is 624. The van der Waals surface area contributed by atoms with Crippen molar-refractivity contribution in [3.63, 3.8) is 0 Å². The number of carbonyl (C=O) groups is 1. The molecule has 0 saturated heterocycles. The van der Waals surface area contributed by atoms with Crippen molar-refractivity contribution in [1.29, 1.82) is 0 Å². The van der Waals surface area contributed by atoms with Gasteiger partial charge in [-0.25, -0.2) is 0 Å². The Morgan fingerprint density at radius 2 is 1.75 bits per heavy atom. The van der Waals surface area contributed by atoms with Gasteiger partial charge in [0.25, 0.3) is 5.91 Å². The quantitative estimate of drug-likeness (QED) is 0.893. The van der Waals surface area contributed by atoms with E-state index in [1.807, 2.05) is 54.6 Å². The molecule has 0 radical (unpaired) electrons. The molecular formula is C17H18N2O. The average molecular weight is 266 g/mol. The molecule has 0 saturated carbocycles. The first-order valence-corrected chi connectivity index (χ1v) is 7.00. The average Bonchev–Trinajstić information content (AvgIpc) is 2.80. The van der Waals surface area contributed by atoms with Gasteiger partial charge in [-0.2, -0.15) is 0 Å². The van der Waals surface area contributed by atoms with Gasteiger partial charge in [0, 0.05) is 11.1 Å². The van der Waals surface area contributed by atoms with Crippen molar-refractivity contribution in [2.24, 2.45) is 0 Å². The minimum Gasteiger partial charge on any atom is -0.326 e. The van der Waals surface area contributed by atoms with Crippen LogP contribution in [0.25, 0.3) is 0 Å². The van der Waals surface area contributed by atoms with Crippen molar-refractivity contribution >= 4 is 5.91 Å². The molecule has 0 bridgehead atoms. The summed E-state index contributed by atoms with van der Waals surface area (Å²) in [5.74, 6) is -0.0203. The molecule has 1 amide bonds. The van der Waals surface area contributed by atoms with Gasteiger partial charge in [0.05, 0.1) is 0 Å². The van der Waals surface area contributed by atoms with Crippen molar-refractivity contribution < 1.29 is 4.79 Å². The highest BCUT2D eigenvalue weighted by molar-refractivity contribution is 6.00. The van der Waals surface area contributed by atoms with Crippen molar-refractivity contribution in [3.05, 3.63) is 71.3 Å². The smallest absolute Gasteiger partial charge is 0.253 e. The fourth-order valence-electron chi connectivity index (χ4n) is 2.78. The van der Waals surface area contributed by atoms with Crippen LogP contribution in [0.4, 0.5) is 0 Å². The Balaban J connectivity index is 2.16. The normalized spacial score (nSPS) is 20.6. The number of carbonyl (C=O) groups excluding carboxylic acids is 1. The Morgan fingerprint density at radius 1 is 1.05 bits per heavy atom. The minimum atomic E-state index is -0.606. The van der Waals surface area contributed by atoms with Gasteiger partial charge in [-0.1, -0.05) is 55.5 Å².